The van der Waals surface area contributed by atoms with Crippen LogP contribution in [0.2, 0.25) is 0 Å². The third-order valence-corrected chi connectivity index (χ3v) is 4.32. The summed E-state index contributed by atoms with van der Waals surface area (Å²) in [6.07, 6.45) is -0.121. The van der Waals surface area contributed by atoms with E-state index in [2.05, 4.69) is 15.5 Å². The molecule has 0 aliphatic carbocycles. The van der Waals surface area contributed by atoms with Gasteiger partial charge < -0.3 is 4.84 Å². The van der Waals surface area contributed by atoms with Gasteiger partial charge in [-0.05, 0) is 19.4 Å². The van der Waals surface area contributed by atoms with Gasteiger partial charge in [-0.3, -0.25) is 10.1 Å². The van der Waals surface area contributed by atoms with Crippen molar-refractivity contribution in [3.63, 3.8) is 0 Å². The Kier molecular flexibility index (Phi) is 3.70. The molecule has 21 heavy (non-hydrogen) atoms. The molecule has 1 aromatic carbocycles. The van der Waals surface area contributed by atoms with E-state index in [-0.39, 0.29) is 5.91 Å². The molecule has 1 aliphatic rings. The summed E-state index contributed by atoms with van der Waals surface area (Å²) < 4.78 is 0. The number of thiazole rings is 1. The van der Waals surface area contributed by atoms with Crippen molar-refractivity contribution >= 4 is 28.1 Å². The Balaban J connectivity index is 1.63. The number of aryl methyl sites for hydroxylation is 2. The molecular formula is C15H15N3O2S. The lowest BCUT2D eigenvalue weighted by Gasteiger charge is -2.06. The first-order valence-electron chi connectivity index (χ1n) is 6.66. The van der Waals surface area contributed by atoms with Gasteiger partial charge in [0.2, 0.25) is 6.10 Å². The fourth-order valence-electron chi connectivity index (χ4n) is 2.03. The molecule has 1 unspecified atom stereocenters. The largest absolute Gasteiger partial charge is 0.382 e. The first-order valence-corrected chi connectivity index (χ1v) is 7.48. The number of aromatic nitrogens is 1. The molecule has 1 aliphatic heterocycles. The summed E-state index contributed by atoms with van der Waals surface area (Å²) in [5.41, 5.74) is 2.71. The van der Waals surface area contributed by atoms with Crippen molar-refractivity contribution in [1.29, 1.82) is 0 Å². The summed E-state index contributed by atoms with van der Waals surface area (Å²) in [6.45, 7) is 3.90. The maximum absolute atomic E-state index is 12.2. The van der Waals surface area contributed by atoms with E-state index in [1.165, 1.54) is 11.3 Å². The van der Waals surface area contributed by atoms with E-state index < -0.39 is 6.10 Å². The van der Waals surface area contributed by atoms with Gasteiger partial charge in [-0.1, -0.05) is 35.5 Å². The Morgan fingerprint density at radius 2 is 2.10 bits per heavy atom. The lowest BCUT2D eigenvalue weighted by Crippen LogP contribution is -2.28. The molecule has 0 saturated carbocycles. The molecule has 0 radical (unpaired) electrons. The predicted octanol–water partition coefficient (Wildman–Crippen LogP) is 2.89. The molecule has 0 bridgehead atoms. The quantitative estimate of drug-likeness (QED) is 0.948. The van der Waals surface area contributed by atoms with E-state index in [9.17, 15) is 4.79 Å². The van der Waals surface area contributed by atoms with Gasteiger partial charge in [-0.15, -0.1) is 11.3 Å². The van der Waals surface area contributed by atoms with Crippen molar-refractivity contribution in [2.24, 2.45) is 5.16 Å². The number of rotatable bonds is 3. The van der Waals surface area contributed by atoms with Crippen molar-refractivity contribution in [3.05, 3.63) is 46.5 Å². The summed E-state index contributed by atoms with van der Waals surface area (Å²) in [5.74, 6) is -0.210. The van der Waals surface area contributed by atoms with Crippen molar-refractivity contribution in [2.45, 2.75) is 26.4 Å². The van der Waals surface area contributed by atoms with Gasteiger partial charge in [-0.2, -0.15) is 0 Å². The standard InChI is InChI=1S/C15H15N3O2S/c1-9-10(2)21-15(16-9)17-14(19)13-8-12(18-20-13)11-6-4-3-5-7-11/h3-7,13H,8H2,1-2H3,(H,16,17,19). The first-order chi connectivity index (χ1) is 10.1. The second-order valence-electron chi connectivity index (χ2n) is 4.85. The third kappa shape index (κ3) is 2.95. The molecule has 0 saturated heterocycles. The van der Waals surface area contributed by atoms with Crippen LogP contribution in [0.15, 0.2) is 35.5 Å². The van der Waals surface area contributed by atoms with Crippen molar-refractivity contribution in [1.82, 2.24) is 4.98 Å². The molecule has 1 atom stereocenters. The van der Waals surface area contributed by atoms with Crippen LogP contribution in [0.3, 0.4) is 0 Å². The molecule has 108 valence electrons. The Morgan fingerprint density at radius 3 is 2.76 bits per heavy atom. The second-order valence-corrected chi connectivity index (χ2v) is 6.06. The number of nitrogens with one attached hydrogen (secondary N) is 1. The number of hydrogen-bond acceptors (Lipinski definition) is 5. The van der Waals surface area contributed by atoms with Gasteiger partial charge in [-0.25, -0.2) is 4.98 Å². The lowest BCUT2D eigenvalue weighted by molar-refractivity contribution is -0.125. The monoisotopic (exact) mass is 301 g/mol. The number of carbonyl (C=O) groups is 1. The molecule has 1 N–H and O–H groups in total. The number of nitrogens with zero attached hydrogens (tertiary/aromatic N) is 2. The number of anilines is 1. The van der Waals surface area contributed by atoms with Gasteiger partial charge in [0.1, 0.15) is 0 Å². The van der Waals surface area contributed by atoms with Crippen LogP contribution in [-0.2, 0) is 9.63 Å². The molecule has 0 spiro atoms. The molecule has 2 aromatic rings. The topological polar surface area (TPSA) is 63.6 Å². The van der Waals surface area contributed by atoms with Crippen molar-refractivity contribution < 1.29 is 9.63 Å². The average molecular weight is 301 g/mol. The molecule has 6 heteroatoms. The van der Waals surface area contributed by atoms with Crippen LogP contribution in [0.25, 0.3) is 0 Å². The maximum Gasteiger partial charge on any atom is 0.270 e. The minimum absolute atomic E-state index is 0.210. The number of amides is 1. The SMILES string of the molecule is Cc1nc(NC(=O)C2CC(c3ccccc3)=NO2)sc1C. The molecule has 3 rings (SSSR count). The molecular weight excluding hydrogens is 286 g/mol. The van der Waals surface area contributed by atoms with Crippen molar-refractivity contribution in [3.8, 4) is 0 Å². The van der Waals surface area contributed by atoms with E-state index in [1.807, 2.05) is 44.2 Å². The van der Waals surface area contributed by atoms with E-state index in [0.717, 1.165) is 21.8 Å². The number of hydrogen-bond donors (Lipinski definition) is 1. The number of benzene rings is 1. The van der Waals surface area contributed by atoms with Crippen molar-refractivity contribution in [2.75, 3.05) is 5.32 Å². The summed E-state index contributed by atoms with van der Waals surface area (Å²) >= 11 is 1.46. The highest BCUT2D eigenvalue weighted by atomic mass is 32.1. The zero-order valence-electron chi connectivity index (χ0n) is 11.8. The zero-order chi connectivity index (χ0) is 14.8. The Morgan fingerprint density at radius 1 is 1.33 bits per heavy atom. The van der Waals surface area contributed by atoms with Crippen LogP contribution < -0.4 is 5.32 Å². The van der Waals surface area contributed by atoms with Crippen LogP contribution in [0.4, 0.5) is 5.13 Å². The summed E-state index contributed by atoms with van der Waals surface area (Å²) in [6, 6.07) is 9.72. The Hall–Kier alpha value is -2.21. The molecule has 1 aromatic heterocycles. The second kappa shape index (κ2) is 5.65. The van der Waals surface area contributed by atoms with Crippen LogP contribution >= 0.6 is 11.3 Å². The van der Waals surface area contributed by atoms with Gasteiger partial charge in [0.25, 0.3) is 5.91 Å². The number of carbonyl (C=O) groups excluding carboxylic acids is 1. The van der Waals surface area contributed by atoms with E-state index >= 15 is 0 Å². The summed E-state index contributed by atoms with van der Waals surface area (Å²) in [7, 11) is 0. The minimum Gasteiger partial charge on any atom is -0.382 e. The minimum atomic E-state index is -0.593. The Bertz CT molecular complexity index is 675. The van der Waals surface area contributed by atoms with Crippen LogP contribution in [0.1, 0.15) is 22.6 Å². The van der Waals surface area contributed by atoms with Gasteiger partial charge in [0.05, 0.1) is 11.4 Å². The lowest BCUT2D eigenvalue weighted by atomic mass is 10.1. The molecule has 5 nitrogen and oxygen atoms in total. The highest BCUT2D eigenvalue weighted by Crippen LogP contribution is 2.23. The maximum atomic E-state index is 12.2. The van der Waals surface area contributed by atoms with Crippen LogP contribution in [0.5, 0.6) is 0 Å². The molecule has 1 amide bonds. The molecule has 2 heterocycles. The van der Waals surface area contributed by atoms with Gasteiger partial charge in [0.15, 0.2) is 5.13 Å². The van der Waals surface area contributed by atoms with Gasteiger partial charge >= 0.3 is 0 Å². The smallest absolute Gasteiger partial charge is 0.270 e. The third-order valence-electron chi connectivity index (χ3n) is 3.33. The Labute approximate surface area is 126 Å². The average Bonchev–Trinajstić information content (AvgIpc) is 3.08. The fraction of sp³-hybridized carbons (Fsp3) is 0.267. The predicted molar refractivity (Wildman–Crippen MR) is 82.7 cm³/mol. The highest BCUT2D eigenvalue weighted by molar-refractivity contribution is 7.15. The zero-order valence-corrected chi connectivity index (χ0v) is 12.6. The van der Waals surface area contributed by atoms with Crippen LogP contribution in [0, 0.1) is 13.8 Å². The van der Waals surface area contributed by atoms with E-state index in [1.54, 1.807) is 0 Å². The van der Waals surface area contributed by atoms with Crippen LogP contribution in [-0.4, -0.2) is 22.7 Å². The summed E-state index contributed by atoms with van der Waals surface area (Å²) in [5, 5.41) is 7.40. The summed E-state index contributed by atoms with van der Waals surface area (Å²) in [4.78, 5) is 22.8. The number of oxime groups is 1. The van der Waals surface area contributed by atoms with Gasteiger partial charge in [0, 0.05) is 11.3 Å². The molecule has 0 fully saturated rings. The van der Waals surface area contributed by atoms with E-state index in [4.69, 9.17) is 4.84 Å². The van der Waals surface area contributed by atoms with E-state index in [0.29, 0.717) is 11.6 Å². The first kappa shape index (κ1) is 13.8. The fourth-order valence-corrected chi connectivity index (χ4v) is 2.85. The normalized spacial score (nSPS) is 17.2. The highest BCUT2D eigenvalue weighted by Gasteiger charge is 2.29.